The lowest BCUT2D eigenvalue weighted by molar-refractivity contribution is -0.153. The highest BCUT2D eigenvalue weighted by molar-refractivity contribution is 5.70. The Hall–Kier alpha value is -2.44. The van der Waals surface area contributed by atoms with Crippen molar-refractivity contribution in [1.82, 2.24) is 35.1 Å². The second-order valence-corrected chi connectivity index (χ2v) is 18.1. The molecule has 0 aromatic rings. The molecule has 60 heavy (non-hydrogen) atoms. The van der Waals surface area contributed by atoms with Crippen LogP contribution in [0.15, 0.2) is 0 Å². The maximum absolute atomic E-state index is 12.3. The molecule has 2 fully saturated rings. The van der Waals surface area contributed by atoms with Crippen LogP contribution in [-0.4, -0.2) is 212 Å². The molecule has 0 amide bonds. The number of hydrogen-bond acceptors (Lipinski definition) is 16. The van der Waals surface area contributed by atoms with Crippen molar-refractivity contribution in [2.75, 3.05) is 158 Å². The van der Waals surface area contributed by atoms with Gasteiger partial charge < -0.3 is 59.2 Å². The van der Waals surface area contributed by atoms with E-state index >= 15 is 0 Å². The van der Waals surface area contributed by atoms with E-state index in [1.54, 1.807) is 0 Å². The third-order valence-corrected chi connectivity index (χ3v) is 10.6. The molecule has 16 nitrogen and oxygen atoms in total. The molecule has 2 aliphatic heterocycles. The molecule has 16 heteroatoms. The second kappa shape index (κ2) is 34.1. The number of ether oxygens (including phenoxy) is 4. The molecule has 2 aliphatic rings. The molecule has 2 saturated heterocycles. The summed E-state index contributed by atoms with van der Waals surface area (Å²) < 4.78 is 20.9. The number of likely N-dealkylation sites (N-methyl/N-ethyl adjacent to an activating group) is 2. The van der Waals surface area contributed by atoms with Gasteiger partial charge in [-0.15, -0.1) is 0 Å². The predicted molar refractivity (Wildman–Crippen MR) is 237 cm³/mol. The molecule has 0 atom stereocenters. The van der Waals surface area contributed by atoms with E-state index in [1.807, 2.05) is 27.7 Å². The van der Waals surface area contributed by atoms with Crippen molar-refractivity contribution >= 4 is 24.4 Å². The fraction of sp³-hybridized carbons (Fsp3) is 0.909. The summed E-state index contributed by atoms with van der Waals surface area (Å²) >= 11 is 0. The van der Waals surface area contributed by atoms with E-state index in [0.717, 1.165) is 130 Å². The smallest absolute Gasteiger partial charge is 0.307 e. The Balaban J connectivity index is 0.000000650. The molecule has 3 N–H and O–H groups in total. The molecule has 0 spiro atoms. The molecule has 0 aromatic carbocycles. The highest BCUT2D eigenvalue weighted by Gasteiger charge is 2.24. The van der Waals surface area contributed by atoms with E-state index in [0.29, 0.717) is 45.4 Å². The van der Waals surface area contributed by atoms with Crippen LogP contribution >= 0.6 is 0 Å². The van der Waals surface area contributed by atoms with Gasteiger partial charge in [0.15, 0.2) is 0 Å². The molecule has 0 radical (unpaired) electrons. The average molecular weight is 858 g/mol. The summed E-state index contributed by atoms with van der Waals surface area (Å²) in [4.78, 5) is 58.2. The van der Waals surface area contributed by atoms with Gasteiger partial charge in [0.05, 0.1) is 45.7 Å². The van der Waals surface area contributed by atoms with Gasteiger partial charge in [0, 0.05) is 89.4 Å². The van der Waals surface area contributed by atoms with Gasteiger partial charge in [0.2, 0.25) is 0 Å². The zero-order valence-electron chi connectivity index (χ0n) is 38.9. The quantitative estimate of drug-likeness (QED) is 0.0381. The van der Waals surface area contributed by atoms with Gasteiger partial charge in [0.1, 0.15) is 0 Å². The first-order chi connectivity index (χ1) is 28.7. The fourth-order valence-corrected chi connectivity index (χ4v) is 6.54. The molecular weight excluding hydrogens is 771 g/mol. The Labute approximate surface area is 363 Å². The number of piperazine rings is 2. The zero-order valence-corrected chi connectivity index (χ0v) is 38.9. The van der Waals surface area contributed by atoms with Crippen LogP contribution in [0.4, 0.5) is 0 Å². The van der Waals surface area contributed by atoms with Crippen LogP contribution < -0.4 is 10.6 Å². The fourth-order valence-electron chi connectivity index (χ4n) is 6.54. The van der Waals surface area contributed by atoms with Crippen LogP contribution in [-0.2, 0) is 38.1 Å². The molecule has 0 aliphatic carbocycles. The van der Waals surface area contributed by atoms with E-state index in [4.69, 9.17) is 24.1 Å². The van der Waals surface area contributed by atoms with Crippen molar-refractivity contribution in [1.29, 1.82) is 0 Å². The van der Waals surface area contributed by atoms with Crippen LogP contribution in [0.3, 0.4) is 0 Å². The van der Waals surface area contributed by atoms with Crippen LogP contribution in [0.5, 0.6) is 0 Å². The molecule has 2 rings (SSSR count). The van der Waals surface area contributed by atoms with Crippen molar-refractivity contribution in [3.05, 3.63) is 0 Å². The Morgan fingerprint density at radius 2 is 1.05 bits per heavy atom. The molecule has 2 heterocycles. The highest BCUT2D eigenvalue weighted by Crippen LogP contribution is 2.17. The molecule has 352 valence electrons. The lowest BCUT2D eigenvalue weighted by Crippen LogP contribution is -2.45. The number of aliphatic hydroxyl groups is 1. The monoisotopic (exact) mass is 858 g/mol. The summed E-state index contributed by atoms with van der Waals surface area (Å²) in [6.07, 6.45) is 7.13. The summed E-state index contributed by atoms with van der Waals surface area (Å²) in [6, 6.07) is 0. The maximum Gasteiger partial charge on any atom is 0.307 e. The van der Waals surface area contributed by atoms with Crippen LogP contribution in [0, 0.1) is 10.8 Å². The van der Waals surface area contributed by atoms with Crippen LogP contribution in [0.1, 0.15) is 92.4 Å². The van der Waals surface area contributed by atoms with E-state index in [-0.39, 0.29) is 56.4 Å². The maximum atomic E-state index is 12.3. The third-order valence-electron chi connectivity index (χ3n) is 10.6. The average Bonchev–Trinajstić information content (AvgIpc) is 3.22. The highest BCUT2D eigenvalue weighted by atomic mass is 16.6. The number of carbonyl (C=O) groups excluding carboxylic acids is 4. The van der Waals surface area contributed by atoms with Crippen molar-refractivity contribution in [2.24, 2.45) is 10.8 Å². The standard InChI is InChI=1S/C27H54N4O5.C17H33N3O4/c1-5-14-30(15-7-6-8-22-32)17-11-26(34)36-24-27(2,3)23-35-25(33)10-13-28-12-9-16-31-20-18-29(4)19-21-31;1-17(2,13-23-15-21)14-24-16(22)5-7-18-6-4-8-20-11-9-19(3)10-12-20/h28,32H,5-24H2,1-4H3;15,18H,4-14H2,1-3H3. The number of nitrogens with one attached hydrogen (secondary N) is 2. The summed E-state index contributed by atoms with van der Waals surface area (Å²) in [5.74, 6) is -0.662. The molecular formula is C44H87N7O9. The number of hydrogen-bond donors (Lipinski definition) is 3. The largest absolute Gasteiger partial charge is 0.467 e. The Morgan fingerprint density at radius 3 is 1.48 bits per heavy atom. The number of nitrogens with zero attached hydrogens (tertiary/aromatic N) is 5. The van der Waals surface area contributed by atoms with Gasteiger partial charge in [-0.25, -0.2) is 0 Å². The minimum atomic E-state index is -0.422. The first-order valence-electron chi connectivity index (χ1n) is 22.8. The first kappa shape index (κ1) is 55.6. The number of unbranched alkanes of at least 4 members (excludes halogenated alkanes) is 2. The number of carbonyl (C=O) groups is 4. The Kier molecular flexibility index (Phi) is 31.6. The second-order valence-electron chi connectivity index (χ2n) is 18.1. The van der Waals surface area contributed by atoms with Gasteiger partial charge in [-0.3, -0.25) is 19.2 Å². The third kappa shape index (κ3) is 31.4. The van der Waals surface area contributed by atoms with E-state index in [9.17, 15) is 19.2 Å². The van der Waals surface area contributed by atoms with Crippen molar-refractivity contribution < 1.29 is 43.2 Å². The lowest BCUT2D eigenvalue weighted by atomic mass is 9.96. The number of aliphatic hydroxyl groups excluding tert-OH is 1. The number of esters is 3. The van der Waals surface area contributed by atoms with E-state index in [1.165, 1.54) is 0 Å². The summed E-state index contributed by atoms with van der Waals surface area (Å²) in [7, 11) is 4.33. The molecule has 0 bridgehead atoms. The van der Waals surface area contributed by atoms with Gasteiger partial charge in [-0.05, 0) is 91.9 Å². The van der Waals surface area contributed by atoms with Gasteiger partial charge in [-0.2, -0.15) is 0 Å². The van der Waals surface area contributed by atoms with Gasteiger partial charge in [0.25, 0.3) is 6.47 Å². The van der Waals surface area contributed by atoms with E-state index < -0.39 is 5.41 Å². The van der Waals surface area contributed by atoms with Crippen molar-refractivity contribution in [3.8, 4) is 0 Å². The van der Waals surface area contributed by atoms with Crippen molar-refractivity contribution in [3.63, 3.8) is 0 Å². The van der Waals surface area contributed by atoms with Gasteiger partial charge in [-0.1, -0.05) is 34.6 Å². The lowest BCUT2D eigenvalue weighted by Gasteiger charge is -2.32. The predicted octanol–water partition coefficient (Wildman–Crippen LogP) is 2.33. The molecule has 0 saturated carbocycles. The summed E-state index contributed by atoms with van der Waals surface area (Å²) in [5, 5.41) is 15.5. The molecule has 0 aromatic heterocycles. The van der Waals surface area contributed by atoms with Crippen molar-refractivity contribution in [2.45, 2.75) is 92.4 Å². The Bertz CT molecular complexity index is 1120. The van der Waals surface area contributed by atoms with Crippen LogP contribution in [0.2, 0.25) is 0 Å². The first-order valence-corrected chi connectivity index (χ1v) is 22.8. The molecule has 0 unspecified atom stereocenters. The van der Waals surface area contributed by atoms with Gasteiger partial charge >= 0.3 is 17.9 Å². The topological polar surface area (TPSA) is 166 Å². The summed E-state index contributed by atoms with van der Waals surface area (Å²) in [6.45, 7) is 28.4. The van der Waals surface area contributed by atoms with Crippen LogP contribution in [0.25, 0.3) is 0 Å². The normalized spacial score (nSPS) is 15.9. The van der Waals surface area contributed by atoms with E-state index in [2.05, 4.69) is 56.2 Å². The minimum absolute atomic E-state index is 0.216. The number of rotatable bonds is 33. The summed E-state index contributed by atoms with van der Waals surface area (Å²) in [5.41, 5.74) is -0.777. The SMILES string of the molecule is CCCN(CCCCCO)CCC(=O)OCC(C)(C)COC(=O)CCNCCCN1CCN(C)CC1.CN1CCN(CCCNCCC(=O)OCC(C)(C)COC=O)CC1. The Morgan fingerprint density at radius 1 is 0.600 bits per heavy atom. The minimum Gasteiger partial charge on any atom is -0.467 e. The zero-order chi connectivity index (χ0) is 44.5.